The maximum atomic E-state index is 12.5. The van der Waals surface area contributed by atoms with E-state index in [9.17, 15) is 4.39 Å². The topological polar surface area (TPSA) is 90.4 Å². The average molecular weight is 488 g/mol. The molecule has 0 aliphatic heterocycles. The number of ether oxygens (including phenoxy) is 1. The number of aryl methyl sites for hydroxylation is 1. The summed E-state index contributed by atoms with van der Waals surface area (Å²) in [6, 6.07) is 9.79. The number of benzene rings is 1. The van der Waals surface area contributed by atoms with Crippen LogP contribution in [0.4, 0.5) is 10.2 Å². The van der Waals surface area contributed by atoms with Crippen LogP contribution in [0, 0.1) is 6.92 Å². The SMILES string of the molecule is CC/C=C\C/C(F)=C\CC.CCOc1cccc(-c2cc(N)n(-c3cscc3C)n2)c1.O=CO. The van der Waals surface area contributed by atoms with E-state index in [1.807, 2.05) is 63.3 Å². The number of halogens is 1. The largest absolute Gasteiger partial charge is 0.494 e. The number of allylic oxidation sites excluding steroid dienone is 4. The van der Waals surface area contributed by atoms with Crippen molar-refractivity contribution in [2.75, 3.05) is 12.3 Å². The van der Waals surface area contributed by atoms with Gasteiger partial charge in [0.05, 0.1) is 23.8 Å². The molecule has 0 amide bonds. The van der Waals surface area contributed by atoms with Gasteiger partial charge in [-0.25, -0.2) is 9.07 Å². The summed E-state index contributed by atoms with van der Waals surface area (Å²) in [5.41, 5.74) is 10.2. The van der Waals surface area contributed by atoms with E-state index in [0.29, 0.717) is 18.8 Å². The Hall–Kier alpha value is -3.39. The predicted octanol–water partition coefficient (Wildman–Crippen LogP) is 7.20. The van der Waals surface area contributed by atoms with Crippen molar-refractivity contribution < 1.29 is 19.0 Å². The Morgan fingerprint density at radius 2 is 1.94 bits per heavy atom. The lowest BCUT2D eigenvalue weighted by molar-refractivity contribution is -0.122. The number of nitrogen functional groups attached to an aromatic ring is 1. The Bertz CT molecular complexity index is 1060. The third-order valence-corrected chi connectivity index (χ3v) is 5.22. The second-order valence-electron chi connectivity index (χ2n) is 7.02. The maximum Gasteiger partial charge on any atom is 0.290 e. The minimum atomic E-state index is -0.250. The van der Waals surface area contributed by atoms with Crippen LogP contribution in [0.15, 0.2) is 65.1 Å². The zero-order valence-corrected chi connectivity index (χ0v) is 21.0. The Morgan fingerprint density at radius 1 is 1.21 bits per heavy atom. The number of rotatable bonds is 8. The van der Waals surface area contributed by atoms with Gasteiger partial charge < -0.3 is 15.6 Å². The Balaban J connectivity index is 0.000000375. The number of hydrogen-bond donors (Lipinski definition) is 2. The minimum Gasteiger partial charge on any atom is -0.494 e. The van der Waals surface area contributed by atoms with Crippen LogP contribution in [0.1, 0.15) is 45.6 Å². The molecule has 6 nitrogen and oxygen atoms in total. The van der Waals surface area contributed by atoms with Crippen LogP contribution in [0.5, 0.6) is 5.75 Å². The van der Waals surface area contributed by atoms with Crippen molar-refractivity contribution in [2.45, 2.75) is 47.0 Å². The van der Waals surface area contributed by atoms with Crippen LogP contribution in [0.25, 0.3) is 16.9 Å². The van der Waals surface area contributed by atoms with Crippen molar-refractivity contribution in [1.82, 2.24) is 9.78 Å². The molecule has 0 bridgehead atoms. The zero-order valence-electron chi connectivity index (χ0n) is 20.2. The van der Waals surface area contributed by atoms with E-state index in [-0.39, 0.29) is 12.3 Å². The summed E-state index contributed by atoms with van der Waals surface area (Å²) < 4.78 is 19.9. The summed E-state index contributed by atoms with van der Waals surface area (Å²) in [6.07, 6.45) is 7.68. The summed E-state index contributed by atoms with van der Waals surface area (Å²) >= 11 is 1.65. The molecule has 3 aromatic rings. The molecule has 2 heterocycles. The van der Waals surface area contributed by atoms with Crippen molar-refractivity contribution >= 4 is 23.6 Å². The number of nitrogens with two attached hydrogens (primary N) is 1. The molecule has 1 aromatic carbocycles. The van der Waals surface area contributed by atoms with E-state index < -0.39 is 0 Å². The average Bonchev–Trinajstić information content (AvgIpc) is 3.40. The molecule has 3 rings (SSSR count). The van der Waals surface area contributed by atoms with E-state index in [1.54, 1.807) is 22.1 Å². The van der Waals surface area contributed by atoms with Gasteiger partial charge in [0.25, 0.3) is 6.47 Å². The Kier molecular flexibility index (Phi) is 13.7. The number of thiophene rings is 1. The maximum absolute atomic E-state index is 12.5. The van der Waals surface area contributed by atoms with Crippen molar-refractivity contribution in [3.8, 4) is 22.7 Å². The van der Waals surface area contributed by atoms with E-state index in [2.05, 4.69) is 22.8 Å². The molecule has 0 radical (unpaired) electrons. The second kappa shape index (κ2) is 16.3. The highest BCUT2D eigenvalue weighted by Gasteiger charge is 2.11. The first-order valence-corrected chi connectivity index (χ1v) is 12.0. The van der Waals surface area contributed by atoms with Crippen LogP contribution in [0.3, 0.4) is 0 Å². The highest BCUT2D eigenvalue weighted by Crippen LogP contribution is 2.28. The summed E-state index contributed by atoms with van der Waals surface area (Å²) in [5, 5.41) is 15.7. The number of nitrogens with zero attached hydrogens (tertiary/aromatic N) is 2. The standard InChI is InChI=1S/C16H17N3OS.C9H15F.CH2O2/c1-3-20-13-6-4-5-12(7-13)14-8-16(17)19(18-14)15-10-21-9-11(15)2;1-3-5-6-8-9(10)7-4-2;2-1-3/h4-10H,3,17H2,1-2H3;5-7H,3-4,8H2,1-2H3;1H,(H,2,3)/b;6-5-,9-7+;. The molecule has 0 saturated heterocycles. The molecule has 184 valence electrons. The first kappa shape index (κ1) is 28.6. The van der Waals surface area contributed by atoms with Gasteiger partial charge in [0.2, 0.25) is 0 Å². The highest BCUT2D eigenvalue weighted by atomic mass is 32.1. The lowest BCUT2D eigenvalue weighted by Crippen LogP contribution is -2.01. The molecule has 0 aliphatic rings. The molecule has 0 aliphatic carbocycles. The van der Waals surface area contributed by atoms with Crippen LogP contribution in [-0.2, 0) is 4.79 Å². The van der Waals surface area contributed by atoms with Crippen molar-refractivity contribution in [3.63, 3.8) is 0 Å². The van der Waals surface area contributed by atoms with E-state index in [4.69, 9.17) is 20.4 Å². The van der Waals surface area contributed by atoms with Gasteiger partial charge in [-0.2, -0.15) is 5.10 Å². The number of carbonyl (C=O) groups is 1. The smallest absolute Gasteiger partial charge is 0.290 e. The van der Waals surface area contributed by atoms with Crippen molar-refractivity contribution in [1.29, 1.82) is 0 Å². The van der Waals surface area contributed by atoms with E-state index in [0.717, 1.165) is 35.5 Å². The van der Waals surface area contributed by atoms with Gasteiger partial charge >= 0.3 is 0 Å². The molecule has 0 atom stereocenters. The molecule has 0 spiro atoms. The first-order valence-electron chi connectivity index (χ1n) is 11.1. The van der Waals surface area contributed by atoms with Gasteiger partial charge in [0.1, 0.15) is 11.6 Å². The summed E-state index contributed by atoms with van der Waals surface area (Å²) in [5.74, 6) is 1.45. The lowest BCUT2D eigenvalue weighted by Gasteiger charge is -2.04. The monoisotopic (exact) mass is 487 g/mol. The van der Waals surface area contributed by atoms with Crippen molar-refractivity contribution in [3.05, 3.63) is 70.7 Å². The van der Waals surface area contributed by atoms with E-state index >= 15 is 0 Å². The number of anilines is 1. The molecular formula is C26H34FN3O3S. The highest BCUT2D eigenvalue weighted by molar-refractivity contribution is 7.08. The van der Waals surface area contributed by atoms with Crippen LogP contribution < -0.4 is 10.5 Å². The van der Waals surface area contributed by atoms with Gasteiger partial charge in [-0.05, 0) is 49.8 Å². The van der Waals surface area contributed by atoms with Gasteiger partial charge in [0, 0.05) is 23.4 Å². The van der Waals surface area contributed by atoms with Crippen LogP contribution in [-0.4, -0.2) is 28.0 Å². The number of hydrogen-bond acceptors (Lipinski definition) is 5. The quantitative estimate of drug-likeness (QED) is 0.259. The zero-order chi connectivity index (χ0) is 25.3. The van der Waals surface area contributed by atoms with Gasteiger partial charge in [-0.3, -0.25) is 4.79 Å². The Morgan fingerprint density at radius 3 is 2.53 bits per heavy atom. The predicted molar refractivity (Wildman–Crippen MR) is 139 cm³/mol. The number of carboxylic acid groups (broad SMARTS) is 1. The summed E-state index contributed by atoms with van der Waals surface area (Å²) in [6.45, 7) is 8.40. The second-order valence-corrected chi connectivity index (χ2v) is 7.76. The summed E-state index contributed by atoms with van der Waals surface area (Å²) in [4.78, 5) is 8.36. The van der Waals surface area contributed by atoms with Gasteiger partial charge in [0.15, 0.2) is 0 Å². The first-order chi connectivity index (χ1) is 16.4. The fraction of sp³-hybridized carbons (Fsp3) is 0.308. The van der Waals surface area contributed by atoms with Crippen LogP contribution in [0.2, 0.25) is 0 Å². The molecule has 2 aromatic heterocycles. The molecule has 0 saturated carbocycles. The van der Waals surface area contributed by atoms with Crippen LogP contribution >= 0.6 is 11.3 Å². The summed E-state index contributed by atoms with van der Waals surface area (Å²) in [7, 11) is 0. The van der Waals surface area contributed by atoms with Gasteiger partial charge in [-0.15, -0.1) is 11.3 Å². The molecule has 8 heteroatoms. The molecule has 0 fully saturated rings. The van der Waals surface area contributed by atoms with E-state index in [1.165, 1.54) is 5.56 Å². The third kappa shape index (κ3) is 9.62. The Labute approximate surface area is 205 Å². The lowest BCUT2D eigenvalue weighted by atomic mass is 10.1. The molecular weight excluding hydrogens is 453 g/mol. The third-order valence-electron chi connectivity index (χ3n) is 4.38. The minimum absolute atomic E-state index is 0.0211. The molecule has 3 N–H and O–H groups in total. The van der Waals surface area contributed by atoms with Crippen molar-refractivity contribution in [2.24, 2.45) is 0 Å². The molecule has 34 heavy (non-hydrogen) atoms. The fourth-order valence-electron chi connectivity index (χ4n) is 2.88. The van der Waals surface area contributed by atoms with Gasteiger partial charge in [-0.1, -0.05) is 44.2 Å². The number of aromatic nitrogens is 2. The fourth-order valence-corrected chi connectivity index (χ4v) is 3.69. The molecule has 0 unspecified atom stereocenters. The normalized spacial score (nSPS) is 10.8.